The first-order chi connectivity index (χ1) is 9.86. The first-order valence-electron chi connectivity index (χ1n) is 7.72. The molecular formula is C17H26N2O. The molecule has 1 heterocycles. The van der Waals surface area contributed by atoms with Crippen molar-refractivity contribution in [3.05, 3.63) is 36.0 Å². The second-order valence-corrected chi connectivity index (χ2v) is 5.02. The summed E-state index contributed by atoms with van der Waals surface area (Å²) >= 11 is 0. The molecule has 0 aliphatic rings. The summed E-state index contributed by atoms with van der Waals surface area (Å²) in [6.45, 7) is 8.99. The highest BCUT2D eigenvalue weighted by Gasteiger charge is 2.04. The van der Waals surface area contributed by atoms with Gasteiger partial charge in [0.1, 0.15) is 0 Å². The monoisotopic (exact) mass is 274 g/mol. The van der Waals surface area contributed by atoms with E-state index in [9.17, 15) is 0 Å². The maximum absolute atomic E-state index is 5.33. The molecule has 1 N–H and O–H groups in total. The molecule has 0 saturated carbocycles. The molecule has 110 valence electrons. The van der Waals surface area contributed by atoms with Crippen LogP contribution in [0.1, 0.15) is 25.8 Å². The zero-order chi connectivity index (χ0) is 14.2. The molecule has 2 rings (SSSR count). The summed E-state index contributed by atoms with van der Waals surface area (Å²) in [5, 5.41) is 4.83. The summed E-state index contributed by atoms with van der Waals surface area (Å²) in [6.07, 6.45) is 4.37. The van der Waals surface area contributed by atoms with Gasteiger partial charge in [0.05, 0.1) is 5.52 Å². The fraction of sp³-hybridized carbons (Fsp3) is 0.529. The van der Waals surface area contributed by atoms with E-state index in [-0.39, 0.29) is 0 Å². The molecule has 20 heavy (non-hydrogen) atoms. The van der Waals surface area contributed by atoms with E-state index in [0.717, 1.165) is 45.7 Å². The van der Waals surface area contributed by atoms with Crippen molar-refractivity contribution in [3.8, 4) is 0 Å². The van der Waals surface area contributed by atoms with Gasteiger partial charge in [-0.3, -0.25) is 0 Å². The molecule has 0 saturated heterocycles. The molecule has 1 aromatic heterocycles. The Labute approximate surface area is 121 Å². The van der Waals surface area contributed by atoms with E-state index in [1.54, 1.807) is 0 Å². The first-order valence-corrected chi connectivity index (χ1v) is 7.72. The predicted octanol–water partition coefficient (Wildman–Crippen LogP) is 3.22. The number of aromatic nitrogens is 1. The minimum absolute atomic E-state index is 0.815. The molecule has 0 amide bonds. The fourth-order valence-corrected chi connectivity index (χ4v) is 2.58. The van der Waals surface area contributed by atoms with Crippen LogP contribution in [0.25, 0.3) is 10.9 Å². The lowest BCUT2D eigenvalue weighted by molar-refractivity contribution is 0.145. The number of para-hydroxylation sites is 1. The molecule has 3 heteroatoms. The Kier molecular flexibility index (Phi) is 6.09. The number of hydrogen-bond acceptors (Lipinski definition) is 2. The lowest BCUT2D eigenvalue weighted by atomic mass is 10.1. The summed E-state index contributed by atoms with van der Waals surface area (Å²) < 4.78 is 7.69. The minimum Gasteiger partial charge on any atom is -0.382 e. The summed E-state index contributed by atoms with van der Waals surface area (Å²) in [5.41, 5.74) is 2.83. The van der Waals surface area contributed by atoms with Gasteiger partial charge in [0.15, 0.2) is 0 Å². The average molecular weight is 274 g/mol. The number of hydrogen-bond donors (Lipinski definition) is 1. The van der Waals surface area contributed by atoms with Crippen molar-refractivity contribution in [2.45, 2.75) is 33.2 Å². The molecule has 0 aliphatic carbocycles. The van der Waals surface area contributed by atoms with Crippen LogP contribution in [0.2, 0.25) is 0 Å². The summed E-state index contributed by atoms with van der Waals surface area (Å²) in [5.74, 6) is 0. The number of fused-ring (bicyclic) bond motifs is 1. The maximum Gasteiger partial charge on any atom is 0.0513 e. The zero-order valence-corrected chi connectivity index (χ0v) is 12.7. The molecule has 0 aliphatic heterocycles. The van der Waals surface area contributed by atoms with Gasteiger partial charge in [-0.2, -0.15) is 0 Å². The Morgan fingerprint density at radius 2 is 2.05 bits per heavy atom. The number of nitrogens with zero attached hydrogens (tertiary/aromatic N) is 1. The third-order valence-corrected chi connectivity index (χ3v) is 3.63. The third-order valence-electron chi connectivity index (χ3n) is 3.63. The van der Waals surface area contributed by atoms with Gasteiger partial charge < -0.3 is 14.6 Å². The summed E-state index contributed by atoms with van der Waals surface area (Å²) in [6, 6.07) is 8.79. The topological polar surface area (TPSA) is 26.2 Å². The van der Waals surface area contributed by atoms with Crippen LogP contribution >= 0.6 is 0 Å². The van der Waals surface area contributed by atoms with E-state index in [4.69, 9.17) is 4.74 Å². The molecule has 0 radical (unpaired) electrons. The zero-order valence-electron chi connectivity index (χ0n) is 12.7. The lowest BCUT2D eigenvalue weighted by Gasteiger charge is -2.10. The highest BCUT2D eigenvalue weighted by atomic mass is 16.5. The van der Waals surface area contributed by atoms with Crippen molar-refractivity contribution >= 4 is 10.9 Å². The SMILES string of the molecule is CCOCCCNCCn1ccc2cccc(CC)c21. The van der Waals surface area contributed by atoms with Gasteiger partial charge >= 0.3 is 0 Å². The first kappa shape index (κ1) is 15.1. The van der Waals surface area contributed by atoms with Crippen LogP contribution in [0.5, 0.6) is 0 Å². The predicted molar refractivity (Wildman–Crippen MR) is 85.3 cm³/mol. The molecular weight excluding hydrogens is 248 g/mol. The lowest BCUT2D eigenvalue weighted by Crippen LogP contribution is -2.21. The maximum atomic E-state index is 5.33. The van der Waals surface area contributed by atoms with Gasteiger partial charge in [0, 0.05) is 32.5 Å². The second kappa shape index (κ2) is 8.08. The summed E-state index contributed by atoms with van der Waals surface area (Å²) in [7, 11) is 0. The smallest absolute Gasteiger partial charge is 0.0513 e. The van der Waals surface area contributed by atoms with E-state index in [0.29, 0.717) is 0 Å². The molecule has 1 aromatic carbocycles. The van der Waals surface area contributed by atoms with Crippen molar-refractivity contribution in [2.75, 3.05) is 26.3 Å². The van der Waals surface area contributed by atoms with Crippen LogP contribution in [-0.2, 0) is 17.7 Å². The van der Waals surface area contributed by atoms with Crippen molar-refractivity contribution in [1.29, 1.82) is 0 Å². The molecule has 0 atom stereocenters. The van der Waals surface area contributed by atoms with Crippen LogP contribution in [0.15, 0.2) is 30.5 Å². The fourth-order valence-electron chi connectivity index (χ4n) is 2.58. The number of aryl methyl sites for hydroxylation is 1. The Hall–Kier alpha value is -1.32. The van der Waals surface area contributed by atoms with Gasteiger partial charge in [-0.05, 0) is 43.3 Å². The van der Waals surface area contributed by atoms with E-state index >= 15 is 0 Å². The van der Waals surface area contributed by atoms with E-state index in [1.165, 1.54) is 16.5 Å². The molecule has 0 fully saturated rings. The van der Waals surface area contributed by atoms with Gasteiger partial charge in [-0.25, -0.2) is 0 Å². The van der Waals surface area contributed by atoms with Crippen molar-refractivity contribution < 1.29 is 4.74 Å². The summed E-state index contributed by atoms with van der Waals surface area (Å²) in [4.78, 5) is 0. The second-order valence-electron chi connectivity index (χ2n) is 5.02. The number of nitrogens with one attached hydrogen (secondary N) is 1. The van der Waals surface area contributed by atoms with Crippen LogP contribution in [-0.4, -0.2) is 30.9 Å². The van der Waals surface area contributed by atoms with Crippen LogP contribution < -0.4 is 5.32 Å². The van der Waals surface area contributed by atoms with Crippen molar-refractivity contribution in [3.63, 3.8) is 0 Å². The minimum atomic E-state index is 0.815. The quantitative estimate of drug-likeness (QED) is 0.711. The Morgan fingerprint density at radius 1 is 1.15 bits per heavy atom. The average Bonchev–Trinajstić information content (AvgIpc) is 2.89. The van der Waals surface area contributed by atoms with Gasteiger partial charge in [-0.1, -0.05) is 25.1 Å². The Bertz CT molecular complexity index is 519. The third kappa shape index (κ3) is 3.84. The van der Waals surface area contributed by atoms with Crippen molar-refractivity contribution in [1.82, 2.24) is 9.88 Å². The van der Waals surface area contributed by atoms with Crippen LogP contribution in [0.3, 0.4) is 0 Å². The highest BCUT2D eigenvalue weighted by molar-refractivity contribution is 5.83. The molecule has 0 unspecified atom stereocenters. The van der Waals surface area contributed by atoms with Gasteiger partial charge in [-0.15, -0.1) is 0 Å². The Morgan fingerprint density at radius 3 is 2.85 bits per heavy atom. The Balaban J connectivity index is 1.84. The van der Waals surface area contributed by atoms with E-state index in [2.05, 4.69) is 47.3 Å². The number of ether oxygens (including phenoxy) is 1. The molecule has 3 nitrogen and oxygen atoms in total. The van der Waals surface area contributed by atoms with Crippen LogP contribution in [0, 0.1) is 0 Å². The molecule has 0 spiro atoms. The number of rotatable bonds is 9. The normalized spacial score (nSPS) is 11.3. The van der Waals surface area contributed by atoms with E-state index < -0.39 is 0 Å². The molecule has 2 aromatic rings. The highest BCUT2D eigenvalue weighted by Crippen LogP contribution is 2.20. The largest absolute Gasteiger partial charge is 0.382 e. The van der Waals surface area contributed by atoms with Gasteiger partial charge in [0.25, 0.3) is 0 Å². The van der Waals surface area contributed by atoms with Crippen molar-refractivity contribution in [2.24, 2.45) is 0 Å². The standard InChI is InChI=1S/C17H26N2O/c1-3-15-7-5-8-16-9-12-19(17(15)16)13-11-18-10-6-14-20-4-2/h5,7-9,12,18H,3-4,6,10-11,13-14H2,1-2H3. The number of benzene rings is 1. The van der Waals surface area contributed by atoms with E-state index in [1.807, 2.05) is 6.92 Å². The molecule has 0 bridgehead atoms. The van der Waals surface area contributed by atoms with Crippen LogP contribution in [0.4, 0.5) is 0 Å². The van der Waals surface area contributed by atoms with Gasteiger partial charge in [0.2, 0.25) is 0 Å².